The number of nitrogens with zero attached hydrogens (tertiary/aromatic N) is 3. The molecule has 2 rings (SSSR count). The molecule has 11 heteroatoms. The van der Waals surface area contributed by atoms with Crippen LogP contribution in [0.4, 0.5) is 4.79 Å². The molecule has 2 fully saturated rings. The Bertz CT molecular complexity index is 673. The average Bonchev–Trinajstić information content (AvgIpc) is 2.99. The van der Waals surface area contributed by atoms with Gasteiger partial charge < -0.3 is 25.2 Å². The summed E-state index contributed by atoms with van der Waals surface area (Å²) in [6, 6.07) is -0.286. The second-order valence-electron chi connectivity index (χ2n) is 6.83. The fraction of sp³-hybridized carbons (Fsp3) is 0.824. The maximum absolute atomic E-state index is 12.0. The Hall–Kier alpha value is -2.04. The number of rotatable bonds is 6. The lowest BCUT2D eigenvalue weighted by atomic mass is 10.2. The molecule has 0 bridgehead atoms. The molecule has 0 aromatic heterocycles. The normalized spacial score (nSPS) is 22.1. The van der Waals surface area contributed by atoms with E-state index in [9.17, 15) is 18.0 Å². The van der Waals surface area contributed by atoms with Crippen LogP contribution in [0.25, 0.3) is 0 Å². The maximum Gasteiger partial charge on any atom is 0.409 e. The van der Waals surface area contributed by atoms with Crippen LogP contribution in [0.2, 0.25) is 0 Å². The second kappa shape index (κ2) is 10.5. The first-order chi connectivity index (χ1) is 13.3. The molecule has 0 spiro atoms. The molecule has 0 aromatic rings. The van der Waals surface area contributed by atoms with Gasteiger partial charge in [0.1, 0.15) is 0 Å². The Labute approximate surface area is 166 Å². The third kappa shape index (κ3) is 6.84. The molecule has 2 aliphatic heterocycles. The van der Waals surface area contributed by atoms with Crippen molar-refractivity contribution < 1.29 is 22.7 Å². The minimum Gasteiger partial charge on any atom is -0.450 e. The van der Waals surface area contributed by atoms with Crippen molar-refractivity contribution in [1.82, 2.24) is 20.4 Å². The van der Waals surface area contributed by atoms with E-state index in [4.69, 9.17) is 4.74 Å². The van der Waals surface area contributed by atoms with E-state index in [1.165, 1.54) is 0 Å². The zero-order chi connectivity index (χ0) is 20.6. The number of aliphatic imine (C=N–C) groups is 1. The lowest BCUT2D eigenvalue weighted by Crippen LogP contribution is -2.54. The zero-order valence-corrected chi connectivity index (χ0v) is 17.5. The number of sulfone groups is 1. The third-order valence-corrected chi connectivity index (χ3v) is 6.41. The summed E-state index contributed by atoms with van der Waals surface area (Å²) in [6.07, 6.45) is 0.383. The standard InChI is InChI=1S/C17H31N5O5S/c1-3-18-16(21-8-10-22(11-9-21)17(24)27-4-2)19-7-5-15(23)20-14-6-12-28(25,26)13-14/h14H,3-13H2,1-2H3,(H,18,19)(H,20,23). The molecule has 160 valence electrons. The smallest absolute Gasteiger partial charge is 0.409 e. The molecule has 0 aromatic carbocycles. The van der Waals surface area contributed by atoms with Gasteiger partial charge in [0.05, 0.1) is 24.7 Å². The van der Waals surface area contributed by atoms with E-state index < -0.39 is 9.84 Å². The summed E-state index contributed by atoms with van der Waals surface area (Å²) in [5.41, 5.74) is 0. The van der Waals surface area contributed by atoms with Gasteiger partial charge in [-0.1, -0.05) is 0 Å². The molecule has 1 unspecified atom stereocenters. The van der Waals surface area contributed by atoms with Crippen molar-refractivity contribution in [2.24, 2.45) is 4.99 Å². The van der Waals surface area contributed by atoms with Gasteiger partial charge in [0.2, 0.25) is 5.91 Å². The number of hydrogen-bond donors (Lipinski definition) is 2. The first kappa shape index (κ1) is 22.3. The molecular formula is C17H31N5O5S. The number of guanidine groups is 1. The molecule has 2 N–H and O–H groups in total. The highest BCUT2D eigenvalue weighted by Gasteiger charge is 2.28. The second-order valence-corrected chi connectivity index (χ2v) is 9.05. The van der Waals surface area contributed by atoms with E-state index in [0.29, 0.717) is 58.3 Å². The summed E-state index contributed by atoms with van der Waals surface area (Å²) < 4.78 is 27.9. The van der Waals surface area contributed by atoms with E-state index in [-0.39, 0.29) is 36.0 Å². The van der Waals surface area contributed by atoms with E-state index in [0.717, 1.165) is 0 Å². The first-order valence-electron chi connectivity index (χ1n) is 9.79. The molecule has 2 amide bonds. The van der Waals surface area contributed by atoms with Crippen molar-refractivity contribution >= 4 is 27.8 Å². The third-order valence-electron chi connectivity index (χ3n) is 4.64. The van der Waals surface area contributed by atoms with Crippen molar-refractivity contribution in [2.45, 2.75) is 32.7 Å². The van der Waals surface area contributed by atoms with Gasteiger partial charge in [-0.15, -0.1) is 0 Å². The molecule has 0 radical (unpaired) electrons. The lowest BCUT2D eigenvalue weighted by Gasteiger charge is -2.35. The van der Waals surface area contributed by atoms with Gasteiger partial charge >= 0.3 is 6.09 Å². The Balaban J connectivity index is 1.79. The highest BCUT2D eigenvalue weighted by molar-refractivity contribution is 7.91. The number of ether oxygens (including phenoxy) is 1. The van der Waals surface area contributed by atoms with Crippen LogP contribution in [0.5, 0.6) is 0 Å². The molecular weight excluding hydrogens is 386 g/mol. The van der Waals surface area contributed by atoms with Crippen LogP contribution in [0, 0.1) is 0 Å². The van der Waals surface area contributed by atoms with Crippen LogP contribution in [0.3, 0.4) is 0 Å². The summed E-state index contributed by atoms with van der Waals surface area (Å²) in [7, 11) is -3.01. The average molecular weight is 418 g/mol. The molecule has 2 saturated heterocycles. The predicted octanol–water partition coefficient (Wildman–Crippen LogP) is -0.581. The van der Waals surface area contributed by atoms with E-state index >= 15 is 0 Å². The van der Waals surface area contributed by atoms with Crippen molar-refractivity contribution in [3.8, 4) is 0 Å². The number of nitrogens with one attached hydrogen (secondary N) is 2. The van der Waals surface area contributed by atoms with Crippen LogP contribution >= 0.6 is 0 Å². The van der Waals surface area contributed by atoms with Gasteiger partial charge in [0, 0.05) is 45.2 Å². The number of hydrogen-bond acceptors (Lipinski definition) is 6. The Morgan fingerprint density at radius 1 is 1.14 bits per heavy atom. The van der Waals surface area contributed by atoms with Gasteiger partial charge in [-0.3, -0.25) is 9.79 Å². The predicted molar refractivity (Wildman–Crippen MR) is 106 cm³/mol. The van der Waals surface area contributed by atoms with Crippen LogP contribution in [0.1, 0.15) is 26.7 Å². The summed E-state index contributed by atoms with van der Waals surface area (Å²) in [5.74, 6) is 0.685. The van der Waals surface area contributed by atoms with Crippen molar-refractivity contribution in [3.63, 3.8) is 0 Å². The minimum absolute atomic E-state index is 0.0232. The first-order valence-corrected chi connectivity index (χ1v) is 11.6. The van der Waals surface area contributed by atoms with E-state index in [1.807, 2.05) is 6.92 Å². The largest absolute Gasteiger partial charge is 0.450 e. The Kier molecular flexibility index (Phi) is 8.34. The van der Waals surface area contributed by atoms with Gasteiger partial charge in [0.15, 0.2) is 15.8 Å². The SMILES string of the molecule is CCNC(=NCCC(=O)NC1CCS(=O)(=O)C1)N1CCN(C(=O)OCC)CC1. The maximum atomic E-state index is 12.0. The lowest BCUT2D eigenvalue weighted by molar-refractivity contribution is -0.121. The van der Waals surface area contributed by atoms with Crippen molar-refractivity contribution in [1.29, 1.82) is 0 Å². The highest BCUT2D eigenvalue weighted by Crippen LogP contribution is 2.11. The minimum atomic E-state index is -3.01. The van der Waals surface area contributed by atoms with E-state index in [1.54, 1.807) is 11.8 Å². The topological polar surface area (TPSA) is 120 Å². The van der Waals surface area contributed by atoms with Gasteiger partial charge in [0.25, 0.3) is 0 Å². The van der Waals surface area contributed by atoms with Crippen molar-refractivity contribution in [2.75, 3.05) is 57.4 Å². The highest BCUT2D eigenvalue weighted by atomic mass is 32.2. The van der Waals surface area contributed by atoms with Crippen LogP contribution in [0.15, 0.2) is 4.99 Å². The number of amides is 2. The molecule has 1 atom stereocenters. The summed E-state index contributed by atoms with van der Waals surface area (Å²) in [6.45, 7) is 7.50. The van der Waals surface area contributed by atoms with Crippen LogP contribution in [-0.2, 0) is 19.4 Å². The number of carbonyl (C=O) groups excluding carboxylic acids is 2. The van der Waals surface area contributed by atoms with Gasteiger partial charge in [-0.25, -0.2) is 13.2 Å². The Morgan fingerprint density at radius 2 is 1.82 bits per heavy atom. The van der Waals surface area contributed by atoms with E-state index in [2.05, 4.69) is 20.5 Å². The summed E-state index contributed by atoms with van der Waals surface area (Å²) >= 11 is 0. The molecule has 2 heterocycles. The number of carbonyl (C=O) groups is 2. The Morgan fingerprint density at radius 3 is 2.39 bits per heavy atom. The van der Waals surface area contributed by atoms with Crippen LogP contribution in [-0.4, -0.2) is 99.6 Å². The summed E-state index contributed by atoms with van der Waals surface area (Å²) in [4.78, 5) is 32.1. The molecule has 10 nitrogen and oxygen atoms in total. The fourth-order valence-corrected chi connectivity index (χ4v) is 4.89. The van der Waals surface area contributed by atoms with Crippen LogP contribution < -0.4 is 10.6 Å². The quantitative estimate of drug-likeness (QED) is 0.438. The molecule has 0 saturated carbocycles. The zero-order valence-electron chi connectivity index (χ0n) is 16.6. The fourth-order valence-electron chi connectivity index (χ4n) is 3.21. The van der Waals surface area contributed by atoms with Gasteiger partial charge in [-0.2, -0.15) is 0 Å². The van der Waals surface area contributed by atoms with Gasteiger partial charge in [-0.05, 0) is 20.3 Å². The molecule has 2 aliphatic rings. The molecule has 28 heavy (non-hydrogen) atoms. The number of piperazine rings is 1. The molecule has 0 aliphatic carbocycles. The van der Waals surface area contributed by atoms with Crippen molar-refractivity contribution in [3.05, 3.63) is 0 Å². The monoisotopic (exact) mass is 417 g/mol. The summed E-state index contributed by atoms with van der Waals surface area (Å²) in [5, 5.41) is 5.98.